The molecule has 0 saturated heterocycles. The summed E-state index contributed by atoms with van der Waals surface area (Å²) in [5, 5.41) is 9.15. The molecule has 2 aromatic rings. The van der Waals surface area contributed by atoms with Gasteiger partial charge in [-0.25, -0.2) is 9.97 Å². The van der Waals surface area contributed by atoms with E-state index >= 15 is 0 Å². The molecule has 1 unspecified atom stereocenters. The maximum atomic E-state index is 9.15. The van der Waals surface area contributed by atoms with Gasteiger partial charge in [0, 0.05) is 11.8 Å². The zero-order chi connectivity index (χ0) is 14.7. The molecule has 3 heteroatoms. The van der Waals surface area contributed by atoms with Crippen molar-refractivity contribution in [2.24, 2.45) is 0 Å². The van der Waals surface area contributed by atoms with Crippen molar-refractivity contribution >= 4 is 0 Å². The van der Waals surface area contributed by atoms with E-state index < -0.39 is 0 Å². The summed E-state index contributed by atoms with van der Waals surface area (Å²) in [4.78, 5) is 8.83. The van der Waals surface area contributed by atoms with Crippen LogP contribution >= 0.6 is 0 Å². The maximum Gasteiger partial charge on any atom is 0.146 e. The van der Waals surface area contributed by atoms with E-state index in [0.29, 0.717) is 5.82 Å². The first-order valence-electron chi connectivity index (χ1n) is 6.88. The van der Waals surface area contributed by atoms with Crippen LogP contribution in [0.2, 0.25) is 0 Å². The average molecular weight is 265 g/mol. The quantitative estimate of drug-likeness (QED) is 0.840. The highest BCUT2D eigenvalue weighted by molar-refractivity contribution is 5.65. The molecule has 3 nitrogen and oxygen atoms in total. The summed E-state index contributed by atoms with van der Waals surface area (Å²) in [6, 6.07) is 8.37. The second kappa shape index (κ2) is 5.83. The van der Waals surface area contributed by atoms with Gasteiger partial charge in [-0.05, 0) is 49.9 Å². The standard InChI is InChI=1S/C17H19N3/c1-5-14(10-18)17-19-9-8-16(20-17)15-7-6-11(2)12(3)13(15)4/h6-9,14H,5H2,1-4H3. The Kier molecular flexibility index (Phi) is 4.14. The van der Waals surface area contributed by atoms with E-state index in [9.17, 15) is 0 Å². The number of hydrogen-bond acceptors (Lipinski definition) is 3. The van der Waals surface area contributed by atoms with Crippen LogP contribution in [0.3, 0.4) is 0 Å². The Bertz CT molecular complexity index is 668. The van der Waals surface area contributed by atoms with Gasteiger partial charge in [-0.15, -0.1) is 0 Å². The summed E-state index contributed by atoms with van der Waals surface area (Å²) in [5.41, 5.74) is 5.81. The SMILES string of the molecule is CCC(C#N)c1nccc(-c2ccc(C)c(C)c2C)n1. The van der Waals surface area contributed by atoms with Crippen LogP contribution in [-0.4, -0.2) is 9.97 Å². The highest BCUT2D eigenvalue weighted by Gasteiger charge is 2.13. The molecule has 0 amide bonds. The number of rotatable bonds is 3. The van der Waals surface area contributed by atoms with Gasteiger partial charge in [0.1, 0.15) is 11.7 Å². The van der Waals surface area contributed by atoms with Crippen molar-refractivity contribution in [1.82, 2.24) is 9.97 Å². The van der Waals surface area contributed by atoms with Gasteiger partial charge in [0.2, 0.25) is 0 Å². The van der Waals surface area contributed by atoms with E-state index in [-0.39, 0.29) is 5.92 Å². The van der Waals surface area contributed by atoms with Gasteiger partial charge < -0.3 is 0 Å². The van der Waals surface area contributed by atoms with Crippen molar-refractivity contribution in [3.63, 3.8) is 0 Å². The Morgan fingerprint density at radius 3 is 2.55 bits per heavy atom. The lowest BCUT2D eigenvalue weighted by Gasteiger charge is -2.12. The van der Waals surface area contributed by atoms with Gasteiger partial charge in [-0.1, -0.05) is 19.1 Å². The number of benzene rings is 1. The second-order valence-electron chi connectivity index (χ2n) is 5.07. The molecule has 1 aromatic heterocycles. The third-order valence-electron chi connectivity index (χ3n) is 3.88. The molecule has 1 heterocycles. The topological polar surface area (TPSA) is 49.6 Å². The van der Waals surface area contributed by atoms with E-state index in [4.69, 9.17) is 5.26 Å². The first-order valence-corrected chi connectivity index (χ1v) is 6.88. The number of hydrogen-bond donors (Lipinski definition) is 0. The Labute approximate surface area is 120 Å². The molecular weight excluding hydrogens is 246 g/mol. The molecule has 0 radical (unpaired) electrons. The van der Waals surface area contributed by atoms with Crippen molar-refractivity contribution in [3.05, 3.63) is 46.9 Å². The predicted octanol–water partition coefficient (Wildman–Crippen LogP) is 4.09. The molecule has 1 atom stereocenters. The zero-order valence-electron chi connectivity index (χ0n) is 12.4. The summed E-state index contributed by atoms with van der Waals surface area (Å²) >= 11 is 0. The largest absolute Gasteiger partial charge is 0.240 e. The molecule has 0 N–H and O–H groups in total. The fraction of sp³-hybridized carbons (Fsp3) is 0.353. The summed E-state index contributed by atoms with van der Waals surface area (Å²) in [6.07, 6.45) is 2.47. The van der Waals surface area contributed by atoms with Gasteiger partial charge in [0.15, 0.2) is 0 Å². The molecule has 0 aliphatic rings. The molecule has 1 aromatic carbocycles. The van der Waals surface area contributed by atoms with E-state index in [2.05, 4.69) is 48.9 Å². The molecule has 102 valence electrons. The van der Waals surface area contributed by atoms with Crippen LogP contribution in [0.5, 0.6) is 0 Å². The van der Waals surface area contributed by atoms with Gasteiger partial charge in [0.25, 0.3) is 0 Å². The maximum absolute atomic E-state index is 9.15. The average Bonchev–Trinajstić information content (AvgIpc) is 2.47. The van der Waals surface area contributed by atoms with Crippen LogP contribution < -0.4 is 0 Å². The minimum absolute atomic E-state index is 0.234. The minimum atomic E-state index is -0.234. The number of nitrogens with zero attached hydrogens (tertiary/aromatic N) is 3. The number of nitriles is 1. The van der Waals surface area contributed by atoms with E-state index in [1.807, 2.05) is 13.0 Å². The third-order valence-corrected chi connectivity index (χ3v) is 3.88. The Hall–Kier alpha value is -2.21. The van der Waals surface area contributed by atoms with Crippen molar-refractivity contribution in [2.75, 3.05) is 0 Å². The van der Waals surface area contributed by atoms with Gasteiger partial charge in [-0.3, -0.25) is 0 Å². The molecule has 0 spiro atoms. The Morgan fingerprint density at radius 2 is 1.90 bits per heavy atom. The van der Waals surface area contributed by atoms with E-state index in [0.717, 1.165) is 17.7 Å². The van der Waals surface area contributed by atoms with Crippen LogP contribution in [0.1, 0.15) is 41.8 Å². The van der Waals surface area contributed by atoms with Gasteiger partial charge in [-0.2, -0.15) is 5.26 Å². The Morgan fingerprint density at radius 1 is 1.15 bits per heavy atom. The highest BCUT2D eigenvalue weighted by Crippen LogP contribution is 2.26. The first kappa shape index (κ1) is 14.2. The molecule has 0 bridgehead atoms. The van der Waals surface area contributed by atoms with Gasteiger partial charge in [0.05, 0.1) is 11.8 Å². The molecule has 0 aliphatic heterocycles. The van der Waals surface area contributed by atoms with Crippen molar-refractivity contribution < 1.29 is 0 Å². The highest BCUT2D eigenvalue weighted by atomic mass is 14.9. The fourth-order valence-corrected chi connectivity index (χ4v) is 2.26. The first-order chi connectivity index (χ1) is 9.58. The van der Waals surface area contributed by atoms with Crippen molar-refractivity contribution in [3.8, 4) is 17.3 Å². The van der Waals surface area contributed by atoms with Crippen molar-refractivity contribution in [2.45, 2.75) is 40.0 Å². The van der Waals surface area contributed by atoms with Crippen LogP contribution in [-0.2, 0) is 0 Å². The summed E-state index contributed by atoms with van der Waals surface area (Å²) in [6.45, 7) is 8.33. The molecule has 0 fully saturated rings. The third kappa shape index (κ3) is 2.55. The lowest BCUT2D eigenvalue weighted by molar-refractivity contribution is 0.751. The summed E-state index contributed by atoms with van der Waals surface area (Å²) in [5.74, 6) is 0.381. The number of aryl methyl sites for hydroxylation is 1. The monoisotopic (exact) mass is 265 g/mol. The lowest BCUT2D eigenvalue weighted by atomic mass is 9.96. The smallest absolute Gasteiger partial charge is 0.146 e. The van der Waals surface area contributed by atoms with Crippen LogP contribution in [0.15, 0.2) is 24.4 Å². The molecule has 20 heavy (non-hydrogen) atoms. The van der Waals surface area contributed by atoms with E-state index in [1.165, 1.54) is 16.7 Å². The van der Waals surface area contributed by atoms with Crippen LogP contribution in [0.25, 0.3) is 11.3 Å². The summed E-state index contributed by atoms with van der Waals surface area (Å²) < 4.78 is 0. The van der Waals surface area contributed by atoms with Crippen molar-refractivity contribution in [1.29, 1.82) is 5.26 Å². The minimum Gasteiger partial charge on any atom is -0.240 e. The number of aromatic nitrogens is 2. The van der Waals surface area contributed by atoms with Crippen LogP contribution in [0, 0.1) is 32.1 Å². The van der Waals surface area contributed by atoms with Gasteiger partial charge >= 0.3 is 0 Å². The van der Waals surface area contributed by atoms with E-state index in [1.54, 1.807) is 6.20 Å². The predicted molar refractivity (Wildman–Crippen MR) is 80.3 cm³/mol. The molecular formula is C17H19N3. The normalized spacial score (nSPS) is 11.9. The summed E-state index contributed by atoms with van der Waals surface area (Å²) in [7, 11) is 0. The lowest BCUT2D eigenvalue weighted by Crippen LogP contribution is -2.03. The molecule has 0 saturated carbocycles. The second-order valence-corrected chi connectivity index (χ2v) is 5.07. The van der Waals surface area contributed by atoms with Crippen LogP contribution in [0.4, 0.5) is 0 Å². The Balaban J connectivity index is 2.52. The zero-order valence-corrected chi connectivity index (χ0v) is 12.4. The molecule has 0 aliphatic carbocycles. The fourth-order valence-electron chi connectivity index (χ4n) is 2.26. The molecule has 2 rings (SSSR count).